The van der Waals surface area contributed by atoms with E-state index in [0.717, 1.165) is 11.7 Å². The molecule has 0 aliphatic heterocycles. The van der Waals surface area contributed by atoms with Gasteiger partial charge in [0.15, 0.2) is 0 Å². The van der Waals surface area contributed by atoms with E-state index in [1.165, 1.54) is 16.5 Å². The van der Waals surface area contributed by atoms with Gasteiger partial charge in [0.05, 0.1) is 0 Å². The summed E-state index contributed by atoms with van der Waals surface area (Å²) in [7, 11) is 0. The van der Waals surface area contributed by atoms with E-state index in [9.17, 15) is 4.79 Å². The van der Waals surface area contributed by atoms with Crippen LogP contribution in [0, 0.1) is 0 Å². The average molecular weight is 162 g/mol. The fourth-order valence-electron chi connectivity index (χ4n) is 0.276. The molecule has 0 saturated carbocycles. The molecule has 0 heterocycles. The monoisotopic (exact) mass is 163 g/mol. The molecule has 0 fully saturated rings. The van der Waals surface area contributed by atoms with E-state index >= 15 is 0 Å². The maximum absolute atomic E-state index is 9.77. The van der Waals surface area contributed by atoms with Gasteiger partial charge in [0, 0.05) is 0 Å². The number of hydrogen-bond donors (Lipinski definition) is 1. The predicted molar refractivity (Wildman–Crippen MR) is 30.2 cm³/mol. The van der Waals surface area contributed by atoms with Crippen LogP contribution >= 0.6 is 0 Å². The molecule has 2 nitrogen and oxygen atoms in total. The summed E-state index contributed by atoms with van der Waals surface area (Å²) in [5, 5.41) is 9.15. The SMILES string of the molecule is O=C(O)CC[CH2][GeH2]. The second-order valence-electron chi connectivity index (χ2n) is 1.35. The third kappa shape index (κ3) is 6.01. The molecule has 0 aliphatic carbocycles. The maximum atomic E-state index is 9.77. The number of carboxylic acids is 1. The molecule has 0 aromatic rings. The van der Waals surface area contributed by atoms with Crippen LogP contribution < -0.4 is 0 Å². The molecule has 0 unspecified atom stereocenters. The van der Waals surface area contributed by atoms with E-state index in [-0.39, 0.29) is 0 Å². The first-order valence-corrected chi connectivity index (χ1v) is 4.38. The Balaban J connectivity index is 2.82. The van der Waals surface area contributed by atoms with Crippen molar-refractivity contribution in [3.8, 4) is 0 Å². The van der Waals surface area contributed by atoms with Gasteiger partial charge in [0.25, 0.3) is 0 Å². The number of carbonyl (C=O) groups is 1. The van der Waals surface area contributed by atoms with Gasteiger partial charge in [-0.3, -0.25) is 0 Å². The van der Waals surface area contributed by atoms with E-state index in [2.05, 4.69) is 0 Å². The molecule has 41 valence electrons. The molecular formula is C4H9GeO2. The Morgan fingerprint density at radius 2 is 2.29 bits per heavy atom. The van der Waals surface area contributed by atoms with Crippen LogP contribution in [0.4, 0.5) is 0 Å². The molecule has 3 heteroatoms. The Kier molecular flexibility index (Phi) is 4.19. The number of carboxylic acid groups (broad SMARTS) is 1. The van der Waals surface area contributed by atoms with Crippen molar-refractivity contribution < 1.29 is 9.90 Å². The van der Waals surface area contributed by atoms with Crippen molar-refractivity contribution in [1.82, 2.24) is 0 Å². The van der Waals surface area contributed by atoms with E-state index in [0.29, 0.717) is 6.42 Å². The summed E-state index contributed by atoms with van der Waals surface area (Å²) in [5.41, 5.74) is 0. The van der Waals surface area contributed by atoms with Gasteiger partial charge in [-0.05, 0) is 0 Å². The van der Waals surface area contributed by atoms with Crippen molar-refractivity contribution >= 4 is 22.5 Å². The topological polar surface area (TPSA) is 37.3 Å². The molecule has 0 saturated heterocycles. The zero-order valence-electron chi connectivity index (χ0n) is 4.18. The van der Waals surface area contributed by atoms with E-state index < -0.39 is 5.97 Å². The van der Waals surface area contributed by atoms with Gasteiger partial charge in [0.1, 0.15) is 0 Å². The number of rotatable bonds is 3. The van der Waals surface area contributed by atoms with Gasteiger partial charge in [-0.2, -0.15) is 0 Å². The van der Waals surface area contributed by atoms with Gasteiger partial charge in [0.2, 0.25) is 0 Å². The normalized spacial score (nSPS) is 8.71. The Morgan fingerprint density at radius 3 is 2.43 bits per heavy atom. The number of hydrogen-bond acceptors (Lipinski definition) is 1. The second kappa shape index (κ2) is 4.18. The van der Waals surface area contributed by atoms with Gasteiger partial charge < -0.3 is 0 Å². The summed E-state index contributed by atoms with van der Waals surface area (Å²) in [4.78, 5) is 9.77. The van der Waals surface area contributed by atoms with Crippen LogP contribution in [0.1, 0.15) is 12.8 Å². The molecule has 0 atom stereocenters. The van der Waals surface area contributed by atoms with Crippen molar-refractivity contribution in [2.75, 3.05) is 0 Å². The van der Waals surface area contributed by atoms with Crippen molar-refractivity contribution in [2.45, 2.75) is 18.1 Å². The summed E-state index contributed by atoms with van der Waals surface area (Å²) in [5.74, 6) is -0.673. The third-order valence-corrected chi connectivity index (χ3v) is 1.69. The predicted octanol–water partition coefficient (Wildman–Crippen LogP) is -0.0974. The van der Waals surface area contributed by atoms with Crippen molar-refractivity contribution in [1.29, 1.82) is 0 Å². The Labute approximate surface area is 51.1 Å². The van der Waals surface area contributed by atoms with Crippen molar-refractivity contribution in [3.63, 3.8) is 0 Å². The molecule has 0 spiro atoms. The van der Waals surface area contributed by atoms with Crippen LogP contribution in [0.2, 0.25) is 5.25 Å². The molecule has 0 amide bonds. The molecule has 0 bridgehead atoms. The fraction of sp³-hybridized carbons (Fsp3) is 0.750. The zero-order valence-corrected chi connectivity index (χ0v) is 7.15. The third-order valence-electron chi connectivity index (χ3n) is 0.641. The quantitative estimate of drug-likeness (QED) is 0.588. The Morgan fingerprint density at radius 1 is 1.71 bits per heavy atom. The summed E-state index contributed by atoms with van der Waals surface area (Å²) < 4.78 is 0. The summed E-state index contributed by atoms with van der Waals surface area (Å²) in [6.45, 7) is 0. The van der Waals surface area contributed by atoms with Crippen molar-refractivity contribution in [3.05, 3.63) is 0 Å². The van der Waals surface area contributed by atoms with Gasteiger partial charge in [-0.15, -0.1) is 0 Å². The van der Waals surface area contributed by atoms with Gasteiger partial charge >= 0.3 is 50.5 Å². The average Bonchev–Trinajstić information content (AvgIpc) is 1.61. The molecule has 0 aliphatic rings. The first-order chi connectivity index (χ1) is 3.27. The van der Waals surface area contributed by atoms with Crippen LogP contribution in [-0.4, -0.2) is 27.6 Å². The Hall–Kier alpha value is 0.0129. The van der Waals surface area contributed by atoms with Gasteiger partial charge in [-0.25, -0.2) is 0 Å². The molecule has 1 radical (unpaired) electrons. The van der Waals surface area contributed by atoms with Crippen molar-refractivity contribution in [2.24, 2.45) is 0 Å². The molecule has 0 aromatic carbocycles. The second-order valence-corrected chi connectivity index (χ2v) is 2.83. The fourth-order valence-corrected chi connectivity index (χ4v) is 0.801. The summed E-state index contributed by atoms with van der Waals surface area (Å²) in [6, 6.07) is 0. The van der Waals surface area contributed by atoms with Crippen LogP contribution in [0.15, 0.2) is 0 Å². The summed E-state index contributed by atoms with van der Waals surface area (Å²) >= 11 is 1.22. The standard InChI is InChI=1S/C4H9GeO2/c5-3-1-2-4(6)7/h1-3,5H2,(H,6,7). The van der Waals surface area contributed by atoms with E-state index in [4.69, 9.17) is 5.11 Å². The summed E-state index contributed by atoms with van der Waals surface area (Å²) in [6.07, 6.45) is 1.20. The molecular weight excluding hydrogens is 153 g/mol. The van der Waals surface area contributed by atoms with Gasteiger partial charge in [-0.1, -0.05) is 0 Å². The zero-order chi connectivity index (χ0) is 5.70. The van der Waals surface area contributed by atoms with E-state index in [1.807, 2.05) is 0 Å². The molecule has 0 aromatic heterocycles. The van der Waals surface area contributed by atoms with Crippen LogP contribution in [0.3, 0.4) is 0 Å². The molecule has 0 rings (SSSR count). The van der Waals surface area contributed by atoms with Crippen LogP contribution in [0.25, 0.3) is 0 Å². The van der Waals surface area contributed by atoms with E-state index in [1.54, 1.807) is 0 Å². The first kappa shape index (κ1) is 7.01. The minimum absolute atomic E-state index is 0.347. The first-order valence-electron chi connectivity index (χ1n) is 2.28. The Bertz CT molecular complexity index is 62.7. The van der Waals surface area contributed by atoms with Crippen LogP contribution in [-0.2, 0) is 4.79 Å². The van der Waals surface area contributed by atoms with Crippen LogP contribution in [0.5, 0.6) is 0 Å². The molecule has 7 heavy (non-hydrogen) atoms. The molecule has 1 N–H and O–H groups in total. The number of aliphatic carboxylic acids is 1. The minimum atomic E-state index is -0.673.